The molecule has 0 bridgehead atoms. The second kappa shape index (κ2) is 7.41. The Labute approximate surface area is 157 Å². The van der Waals surface area contributed by atoms with Crippen LogP contribution in [0.15, 0.2) is 33.7 Å². The Kier molecular flexibility index (Phi) is 5.36. The van der Waals surface area contributed by atoms with E-state index in [0.29, 0.717) is 11.5 Å². The number of rotatable bonds is 5. The fraction of sp³-hybridized carbons (Fsp3) is 0.444. The van der Waals surface area contributed by atoms with Crippen molar-refractivity contribution in [1.82, 2.24) is 9.46 Å². The summed E-state index contributed by atoms with van der Waals surface area (Å²) in [7, 11) is -3.95. The summed E-state index contributed by atoms with van der Waals surface area (Å²) < 4.78 is 37.2. The van der Waals surface area contributed by atoms with Gasteiger partial charge in [-0.2, -0.15) is 4.31 Å². The van der Waals surface area contributed by atoms with Crippen LogP contribution in [0.1, 0.15) is 29.0 Å². The molecule has 1 aliphatic heterocycles. The SMILES string of the molecule is Cc1cc(COC(=O)[C@@H]2CC(O)CN2S(=O)(=O)c2ccc(C)c(C)c2)on1. The van der Waals surface area contributed by atoms with E-state index in [1.165, 1.54) is 6.07 Å². The zero-order valence-corrected chi connectivity index (χ0v) is 16.2. The zero-order chi connectivity index (χ0) is 19.8. The first-order chi connectivity index (χ1) is 12.7. The maximum atomic E-state index is 13.0. The van der Waals surface area contributed by atoms with Gasteiger partial charge in [0.25, 0.3) is 0 Å². The molecular weight excluding hydrogens is 372 g/mol. The van der Waals surface area contributed by atoms with Crippen molar-refractivity contribution in [2.75, 3.05) is 6.54 Å². The lowest BCUT2D eigenvalue weighted by molar-refractivity contribution is -0.149. The van der Waals surface area contributed by atoms with Crippen LogP contribution >= 0.6 is 0 Å². The average Bonchev–Trinajstić information content (AvgIpc) is 3.21. The van der Waals surface area contributed by atoms with Crippen LogP contribution in [0.4, 0.5) is 0 Å². The molecule has 3 rings (SSSR count). The number of carbonyl (C=O) groups excluding carboxylic acids is 1. The molecule has 0 amide bonds. The smallest absolute Gasteiger partial charge is 0.325 e. The number of hydrogen-bond donors (Lipinski definition) is 1. The normalized spacial score (nSPS) is 20.7. The number of ether oxygens (including phenoxy) is 1. The number of β-amino-alcohol motifs (C(OH)–C–C–N with tert-alkyl or cyclic N) is 1. The van der Waals surface area contributed by atoms with Crippen LogP contribution in [0.2, 0.25) is 0 Å². The Morgan fingerprint density at radius 3 is 2.67 bits per heavy atom. The number of sulfonamides is 1. The zero-order valence-electron chi connectivity index (χ0n) is 15.4. The third-order valence-corrected chi connectivity index (χ3v) is 6.49. The summed E-state index contributed by atoms with van der Waals surface area (Å²) in [5.74, 6) is -0.365. The molecule has 1 aromatic heterocycles. The van der Waals surface area contributed by atoms with Gasteiger partial charge in [-0.1, -0.05) is 11.2 Å². The van der Waals surface area contributed by atoms with Crippen LogP contribution in [0.25, 0.3) is 0 Å². The highest BCUT2D eigenvalue weighted by molar-refractivity contribution is 7.89. The third kappa shape index (κ3) is 4.05. The Morgan fingerprint density at radius 2 is 2.04 bits per heavy atom. The number of aryl methyl sites for hydroxylation is 3. The van der Waals surface area contributed by atoms with Crippen molar-refractivity contribution in [3.05, 3.63) is 46.8 Å². The highest BCUT2D eigenvalue weighted by Gasteiger charge is 2.44. The molecule has 0 saturated carbocycles. The van der Waals surface area contributed by atoms with Gasteiger partial charge in [-0.3, -0.25) is 4.79 Å². The monoisotopic (exact) mass is 394 g/mol. The Bertz CT molecular complexity index is 953. The van der Waals surface area contributed by atoms with Gasteiger partial charge in [-0.05, 0) is 44.0 Å². The molecule has 0 aliphatic carbocycles. The first-order valence-electron chi connectivity index (χ1n) is 8.54. The molecule has 1 saturated heterocycles. The molecule has 1 aromatic carbocycles. The van der Waals surface area contributed by atoms with Crippen molar-refractivity contribution in [3.63, 3.8) is 0 Å². The molecule has 0 spiro atoms. The molecule has 1 fully saturated rings. The van der Waals surface area contributed by atoms with E-state index in [1.54, 1.807) is 25.1 Å². The molecule has 1 aliphatic rings. The third-order valence-electron chi connectivity index (χ3n) is 4.62. The molecular formula is C18H22N2O6S. The van der Waals surface area contributed by atoms with E-state index in [9.17, 15) is 18.3 Å². The number of aliphatic hydroxyl groups excluding tert-OH is 1. The molecule has 9 heteroatoms. The Morgan fingerprint density at radius 1 is 1.30 bits per heavy atom. The van der Waals surface area contributed by atoms with Gasteiger partial charge in [0.15, 0.2) is 12.4 Å². The number of esters is 1. The standard InChI is InChI=1S/C18H22N2O6S/c1-11-4-5-16(6-12(11)2)27(23,24)20-9-14(21)8-17(20)18(22)25-10-15-7-13(3)19-26-15/h4-7,14,17,21H,8-10H2,1-3H3/t14?,17-/m0/s1. The molecule has 27 heavy (non-hydrogen) atoms. The van der Waals surface area contributed by atoms with Gasteiger partial charge in [-0.25, -0.2) is 8.42 Å². The lowest BCUT2D eigenvalue weighted by atomic mass is 10.1. The summed E-state index contributed by atoms with van der Waals surface area (Å²) >= 11 is 0. The molecule has 2 aromatic rings. The van der Waals surface area contributed by atoms with Crippen molar-refractivity contribution in [2.45, 2.75) is 50.8 Å². The fourth-order valence-electron chi connectivity index (χ4n) is 3.00. The average molecular weight is 394 g/mol. The summed E-state index contributed by atoms with van der Waals surface area (Å²) in [6.07, 6.45) is -0.949. The minimum Gasteiger partial charge on any atom is -0.456 e. The van der Waals surface area contributed by atoms with Crippen molar-refractivity contribution in [3.8, 4) is 0 Å². The summed E-state index contributed by atoms with van der Waals surface area (Å²) in [4.78, 5) is 12.6. The van der Waals surface area contributed by atoms with E-state index in [4.69, 9.17) is 9.26 Å². The Hall–Kier alpha value is -2.23. The molecule has 0 radical (unpaired) electrons. The lowest BCUT2D eigenvalue weighted by Crippen LogP contribution is -2.41. The minimum absolute atomic E-state index is 0.0155. The van der Waals surface area contributed by atoms with Crippen LogP contribution < -0.4 is 0 Å². The maximum absolute atomic E-state index is 13.0. The van der Waals surface area contributed by atoms with Gasteiger partial charge in [0.1, 0.15) is 6.04 Å². The lowest BCUT2D eigenvalue weighted by Gasteiger charge is -2.22. The van der Waals surface area contributed by atoms with E-state index in [-0.39, 0.29) is 24.5 Å². The first kappa shape index (κ1) is 19.5. The highest BCUT2D eigenvalue weighted by atomic mass is 32.2. The van der Waals surface area contributed by atoms with Crippen molar-refractivity contribution in [1.29, 1.82) is 0 Å². The van der Waals surface area contributed by atoms with E-state index in [0.717, 1.165) is 15.4 Å². The second-order valence-electron chi connectivity index (χ2n) is 6.77. The first-order valence-corrected chi connectivity index (χ1v) is 9.98. The molecule has 1 unspecified atom stereocenters. The van der Waals surface area contributed by atoms with Crippen molar-refractivity contribution < 1.29 is 27.6 Å². The van der Waals surface area contributed by atoms with Crippen LogP contribution in [0.3, 0.4) is 0 Å². The quantitative estimate of drug-likeness (QED) is 0.765. The summed E-state index contributed by atoms with van der Waals surface area (Å²) in [5, 5.41) is 13.7. The summed E-state index contributed by atoms with van der Waals surface area (Å²) in [6.45, 7) is 5.13. The van der Waals surface area contributed by atoms with Crippen molar-refractivity contribution >= 4 is 16.0 Å². The number of benzene rings is 1. The number of aromatic nitrogens is 1. The van der Waals surface area contributed by atoms with Gasteiger partial charge in [0, 0.05) is 19.0 Å². The molecule has 146 valence electrons. The maximum Gasteiger partial charge on any atom is 0.325 e. The number of carbonyl (C=O) groups is 1. The number of nitrogens with zero attached hydrogens (tertiary/aromatic N) is 2. The summed E-state index contributed by atoms with van der Waals surface area (Å²) in [6, 6.07) is 5.32. The largest absolute Gasteiger partial charge is 0.456 e. The molecule has 2 atom stereocenters. The fourth-order valence-corrected chi connectivity index (χ4v) is 4.71. The van der Waals surface area contributed by atoms with E-state index < -0.39 is 28.1 Å². The van der Waals surface area contributed by atoms with Crippen LogP contribution in [0, 0.1) is 20.8 Å². The van der Waals surface area contributed by atoms with Gasteiger partial charge < -0.3 is 14.4 Å². The van der Waals surface area contributed by atoms with Gasteiger partial charge >= 0.3 is 5.97 Å². The number of hydrogen-bond acceptors (Lipinski definition) is 7. The minimum atomic E-state index is -3.95. The topological polar surface area (TPSA) is 110 Å². The van der Waals surface area contributed by atoms with Gasteiger partial charge in [0.05, 0.1) is 16.7 Å². The van der Waals surface area contributed by atoms with Crippen molar-refractivity contribution in [2.24, 2.45) is 0 Å². The van der Waals surface area contributed by atoms with Crippen LogP contribution in [-0.2, 0) is 26.2 Å². The van der Waals surface area contributed by atoms with E-state index in [1.807, 2.05) is 13.8 Å². The second-order valence-corrected chi connectivity index (χ2v) is 8.66. The van der Waals surface area contributed by atoms with Gasteiger partial charge in [-0.15, -0.1) is 0 Å². The summed E-state index contributed by atoms with van der Waals surface area (Å²) in [5.41, 5.74) is 2.45. The molecule has 1 N–H and O–H groups in total. The predicted octanol–water partition coefficient (Wildman–Crippen LogP) is 1.47. The van der Waals surface area contributed by atoms with Crippen LogP contribution in [-0.4, -0.2) is 47.6 Å². The molecule has 2 heterocycles. The van der Waals surface area contributed by atoms with Gasteiger partial charge in [0.2, 0.25) is 10.0 Å². The van der Waals surface area contributed by atoms with E-state index in [2.05, 4.69) is 5.16 Å². The molecule has 8 nitrogen and oxygen atoms in total. The van der Waals surface area contributed by atoms with E-state index >= 15 is 0 Å². The number of aliphatic hydroxyl groups is 1. The highest BCUT2D eigenvalue weighted by Crippen LogP contribution is 2.28. The van der Waals surface area contributed by atoms with Crippen LogP contribution in [0.5, 0.6) is 0 Å². The Balaban J connectivity index is 1.80. The predicted molar refractivity (Wildman–Crippen MR) is 95.3 cm³/mol.